The van der Waals surface area contributed by atoms with Gasteiger partial charge in [0.25, 0.3) is 5.91 Å². The van der Waals surface area contributed by atoms with Crippen LogP contribution in [-0.4, -0.2) is 11.6 Å². The Morgan fingerprint density at radius 1 is 0.960 bits per heavy atom. The highest BCUT2D eigenvalue weighted by molar-refractivity contribution is 6.08. The summed E-state index contributed by atoms with van der Waals surface area (Å²) in [4.78, 5) is 17.1. The summed E-state index contributed by atoms with van der Waals surface area (Å²) < 4.78 is 0. The molecule has 0 saturated heterocycles. The lowest BCUT2D eigenvalue weighted by atomic mass is 10.0. The van der Waals surface area contributed by atoms with Gasteiger partial charge in [-0.25, -0.2) is 0 Å². The summed E-state index contributed by atoms with van der Waals surface area (Å²) in [5.41, 5.74) is 6.92. The Kier molecular flexibility index (Phi) is 3.90. The maximum Gasteiger partial charge on any atom is 0.255 e. The molecule has 1 heterocycles. The van der Waals surface area contributed by atoms with Crippen molar-refractivity contribution in [2.45, 2.75) is 13.3 Å². The number of benzene rings is 3. The number of para-hydroxylation sites is 1. The van der Waals surface area contributed by atoms with Gasteiger partial charge < -0.3 is 5.32 Å². The molecule has 1 aliphatic rings. The van der Waals surface area contributed by atoms with Crippen molar-refractivity contribution in [1.29, 1.82) is 0 Å². The van der Waals surface area contributed by atoms with Gasteiger partial charge in [0.05, 0.1) is 11.4 Å². The Morgan fingerprint density at radius 2 is 1.76 bits per heavy atom. The first-order valence-corrected chi connectivity index (χ1v) is 8.33. The van der Waals surface area contributed by atoms with Crippen molar-refractivity contribution in [3.63, 3.8) is 0 Å². The second-order valence-electron chi connectivity index (χ2n) is 6.26. The minimum Gasteiger partial charge on any atom is -0.322 e. The zero-order valence-corrected chi connectivity index (χ0v) is 14.0. The van der Waals surface area contributed by atoms with E-state index >= 15 is 0 Å². The largest absolute Gasteiger partial charge is 0.322 e. The Morgan fingerprint density at radius 3 is 2.56 bits per heavy atom. The molecule has 0 spiro atoms. The first kappa shape index (κ1) is 15.3. The van der Waals surface area contributed by atoms with Gasteiger partial charge in [-0.05, 0) is 48.4 Å². The quantitative estimate of drug-likeness (QED) is 0.729. The number of nitrogens with one attached hydrogen (secondary N) is 1. The summed E-state index contributed by atoms with van der Waals surface area (Å²) in [5.74, 6) is -0.103. The van der Waals surface area contributed by atoms with E-state index in [1.165, 1.54) is 5.56 Å². The van der Waals surface area contributed by atoms with E-state index in [1.807, 2.05) is 73.7 Å². The highest BCUT2D eigenvalue weighted by atomic mass is 16.1. The van der Waals surface area contributed by atoms with Crippen LogP contribution in [0, 0.1) is 6.92 Å². The average Bonchev–Trinajstić information content (AvgIpc) is 3.07. The molecule has 0 radical (unpaired) electrons. The van der Waals surface area contributed by atoms with Crippen LogP contribution >= 0.6 is 0 Å². The highest BCUT2D eigenvalue weighted by Gasteiger charge is 2.16. The van der Waals surface area contributed by atoms with Crippen LogP contribution in [0.15, 0.2) is 77.8 Å². The third-order valence-corrected chi connectivity index (χ3v) is 4.37. The maximum absolute atomic E-state index is 12.4. The molecule has 3 nitrogen and oxygen atoms in total. The van der Waals surface area contributed by atoms with E-state index in [1.54, 1.807) is 0 Å². The Labute approximate surface area is 147 Å². The third kappa shape index (κ3) is 3.22. The number of amides is 1. The second-order valence-corrected chi connectivity index (χ2v) is 6.26. The number of hydrogen-bond donors (Lipinski definition) is 1. The van der Waals surface area contributed by atoms with E-state index in [-0.39, 0.29) is 5.91 Å². The molecule has 25 heavy (non-hydrogen) atoms. The molecule has 0 bridgehead atoms. The summed E-state index contributed by atoms with van der Waals surface area (Å²) >= 11 is 0. The number of anilines is 1. The van der Waals surface area contributed by atoms with E-state index < -0.39 is 0 Å². The lowest BCUT2D eigenvalue weighted by Crippen LogP contribution is -2.12. The topological polar surface area (TPSA) is 41.5 Å². The van der Waals surface area contributed by atoms with Crippen LogP contribution < -0.4 is 5.32 Å². The normalized spacial score (nSPS) is 12.4. The Balaban J connectivity index is 1.54. The molecule has 122 valence electrons. The summed E-state index contributed by atoms with van der Waals surface area (Å²) in [7, 11) is 0. The molecular formula is C22H18N2O. The van der Waals surface area contributed by atoms with Gasteiger partial charge in [-0.15, -0.1) is 0 Å². The zero-order chi connectivity index (χ0) is 17.2. The minimum atomic E-state index is -0.103. The van der Waals surface area contributed by atoms with Crippen molar-refractivity contribution in [3.05, 3.63) is 95.1 Å². The monoisotopic (exact) mass is 326 g/mol. The molecule has 0 aliphatic carbocycles. The summed E-state index contributed by atoms with van der Waals surface area (Å²) in [6.07, 6.45) is 0.825. The summed E-state index contributed by atoms with van der Waals surface area (Å²) in [5, 5.41) is 2.97. The molecular weight excluding hydrogens is 308 g/mol. The van der Waals surface area contributed by atoms with Crippen LogP contribution in [-0.2, 0) is 6.42 Å². The molecule has 1 aliphatic heterocycles. The SMILES string of the molecule is Cc1ccc(C(=O)Nc2cccc(C3=Nc4ccccc4C3)c2)cc1. The van der Waals surface area contributed by atoms with Gasteiger partial charge in [-0.1, -0.05) is 48.0 Å². The smallest absolute Gasteiger partial charge is 0.255 e. The van der Waals surface area contributed by atoms with Crippen molar-refractivity contribution in [2.24, 2.45) is 4.99 Å². The number of fused-ring (bicyclic) bond motifs is 1. The van der Waals surface area contributed by atoms with Gasteiger partial charge in [-0.2, -0.15) is 0 Å². The number of aryl methyl sites for hydroxylation is 1. The van der Waals surface area contributed by atoms with Gasteiger partial charge >= 0.3 is 0 Å². The van der Waals surface area contributed by atoms with Crippen molar-refractivity contribution in [1.82, 2.24) is 0 Å². The van der Waals surface area contributed by atoms with Crippen LogP contribution in [0.3, 0.4) is 0 Å². The predicted octanol–water partition coefficient (Wildman–Crippen LogP) is 4.92. The molecule has 0 aromatic heterocycles. The Hall–Kier alpha value is -3.20. The van der Waals surface area contributed by atoms with Crippen LogP contribution in [0.4, 0.5) is 11.4 Å². The first-order valence-electron chi connectivity index (χ1n) is 8.33. The van der Waals surface area contributed by atoms with E-state index in [4.69, 9.17) is 4.99 Å². The first-order chi connectivity index (χ1) is 12.2. The fourth-order valence-corrected chi connectivity index (χ4v) is 2.99. The Bertz CT molecular complexity index is 971. The fourth-order valence-electron chi connectivity index (χ4n) is 2.99. The number of carbonyl (C=O) groups excluding carboxylic acids is 1. The molecule has 0 fully saturated rings. The van der Waals surface area contributed by atoms with E-state index in [0.717, 1.165) is 34.6 Å². The highest BCUT2D eigenvalue weighted by Crippen LogP contribution is 2.29. The second kappa shape index (κ2) is 6.36. The molecule has 3 aromatic carbocycles. The van der Waals surface area contributed by atoms with E-state index in [2.05, 4.69) is 11.4 Å². The molecule has 3 heteroatoms. The minimum absolute atomic E-state index is 0.103. The molecule has 0 atom stereocenters. The maximum atomic E-state index is 12.4. The number of rotatable bonds is 3. The van der Waals surface area contributed by atoms with Crippen LogP contribution in [0.25, 0.3) is 0 Å². The van der Waals surface area contributed by atoms with Crippen LogP contribution in [0.1, 0.15) is 27.0 Å². The molecule has 0 saturated carbocycles. The van der Waals surface area contributed by atoms with E-state index in [9.17, 15) is 4.79 Å². The van der Waals surface area contributed by atoms with Gasteiger partial charge in [0.2, 0.25) is 0 Å². The van der Waals surface area contributed by atoms with Gasteiger partial charge in [0.15, 0.2) is 0 Å². The lowest BCUT2D eigenvalue weighted by Gasteiger charge is -2.08. The number of aliphatic imine (C=N–C) groups is 1. The van der Waals surface area contributed by atoms with Gasteiger partial charge in [0, 0.05) is 17.7 Å². The number of carbonyl (C=O) groups is 1. The van der Waals surface area contributed by atoms with E-state index in [0.29, 0.717) is 5.56 Å². The van der Waals surface area contributed by atoms with Crippen molar-refractivity contribution < 1.29 is 4.79 Å². The summed E-state index contributed by atoms with van der Waals surface area (Å²) in [6, 6.07) is 23.6. The fraction of sp³-hybridized carbons (Fsp3) is 0.0909. The summed E-state index contributed by atoms with van der Waals surface area (Å²) in [6.45, 7) is 2.01. The molecule has 1 N–H and O–H groups in total. The van der Waals surface area contributed by atoms with Crippen LogP contribution in [0.5, 0.6) is 0 Å². The molecule has 3 aromatic rings. The molecule has 4 rings (SSSR count). The van der Waals surface area contributed by atoms with Gasteiger partial charge in [-0.3, -0.25) is 9.79 Å². The van der Waals surface area contributed by atoms with Crippen molar-refractivity contribution in [3.8, 4) is 0 Å². The predicted molar refractivity (Wildman–Crippen MR) is 102 cm³/mol. The molecule has 1 amide bonds. The number of nitrogens with zero attached hydrogens (tertiary/aromatic N) is 1. The standard InChI is InChI=1S/C22H18N2O/c1-15-9-11-16(12-10-15)22(25)23-19-7-4-6-17(13-19)21-14-18-5-2-3-8-20(18)24-21/h2-13H,14H2,1H3,(H,23,25). The zero-order valence-electron chi connectivity index (χ0n) is 14.0. The average molecular weight is 326 g/mol. The van der Waals surface area contributed by atoms with Crippen molar-refractivity contribution in [2.75, 3.05) is 5.32 Å². The van der Waals surface area contributed by atoms with Gasteiger partial charge in [0.1, 0.15) is 0 Å². The van der Waals surface area contributed by atoms with Crippen molar-refractivity contribution >= 4 is 23.0 Å². The number of hydrogen-bond acceptors (Lipinski definition) is 2. The van der Waals surface area contributed by atoms with Crippen LogP contribution in [0.2, 0.25) is 0 Å². The lowest BCUT2D eigenvalue weighted by molar-refractivity contribution is 0.102. The molecule has 0 unspecified atom stereocenters. The third-order valence-electron chi connectivity index (χ3n) is 4.37.